The molecule has 0 bridgehead atoms. The summed E-state index contributed by atoms with van der Waals surface area (Å²) in [5.74, 6) is -0.142. The summed E-state index contributed by atoms with van der Waals surface area (Å²) in [4.78, 5) is 14.0. The molecule has 1 aromatic heterocycles. The molecule has 0 aliphatic carbocycles. The van der Waals surface area contributed by atoms with E-state index in [0.717, 1.165) is 28.7 Å². The van der Waals surface area contributed by atoms with Gasteiger partial charge in [-0.05, 0) is 61.4 Å². The summed E-state index contributed by atoms with van der Waals surface area (Å²) in [6.45, 7) is 4.12. The molecule has 0 unspecified atom stereocenters. The molecule has 5 heteroatoms. The molecule has 1 heterocycles. The summed E-state index contributed by atoms with van der Waals surface area (Å²) in [6.07, 6.45) is 0.999. The van der Waals surface area contributed by atoms with Crippen LogP contribution in [0.4, 0.5) is 5.69 Å². The molecule has 134 valence electrons. The van der Waals surface area contributed by atoms with E-state index in [0.29, 0.717) is 11.3 Å². The first kappa shape index (κ1) is 17.0. The van der Waals surface area contributed by atoms with Crippen LogP contribution in [0.2, 0.25) is 0 Å². The van der Waals surface area contributed by atoms with Gasteiger partial charge < -0.3 is 5.32 Å². The van der Waals surface area contributed by atoms with Gasteiger partial charge in [0, 0.05) is 11.3 Å². The lowest BCUT2D eigenvalue weighted by atomic mass is 10.1. The Morgan fingerprint density at radius 2 is 1.63 bits per heavy atom. The Kier molecular flexibility index (Phi) is 4.42. The number of nitrogens with zero attached hydrogens (tertiary/aromatic N) is 3. The normalized spacial score (nSPS) is 10.9. The van der Waals surface area contributed by atoms with E-state index in [-0.39, 0.29) is 5.91 Å². The lowest BCUT2D eigenvalue weighted by Crippen LogP contribution is -2.11. The lowest BCUT2D eigenvalue weighted by Gasteiger charge is -2.05. The van der Waals surface area contributed by atoms with Crippen LogP contribution in [0.15, 0.2) is 66.7 Å². The quantitative estimate of drug-likeness (QED) is 0.584. The minimum atomic E-state index is -0.142. The Morgan fingerprint density at radius 3 is 2.33 bits per heavy atom. The first-order chi connectivity index (χ1) is 13.1. The smallest absolute Gasteiger partial charge is 0.255 e. The summed E-state index contributed by atoms with van der Waals surface area (Å²) in [5.41, 5.74) is 6.14. The SMILES string of the molecule is CCc1ccc(-n2nc3ccc(NC(=O)c4ccc(C)cc4)cc3n2)cc1. The fourth-order valence-electron chi connectivity index (χ4n) is 2.88. The molecule has 4 rings (SSSR count). The van der Waals surface area contributed by atoms with Gasteiger partial charge in [0.2, 0.25) is 0 Å². The predicted octanol–water partition coefficient (Wildman–Crippen LogP) is 4.54. The lowest BCUT2D eigenvalue weighted by molar-refractivity contribution is 0.102. The predicted molar refractivity (Wildman–Crippen MR) is 107 cm³/mol. The summed E-state index contributed by atoms with van der Waals surface area (Å²) in [5, 5.41) is 12.0. The van der Waals surface area contributed by atoms with Crippen molar-refractivity contribution in [2.45, 2.75) is 20.3 Å². The molecule has 4 aromatic rings. The van der Waals surface area contributed by atoms with Crippen LogP contribution in [0, 0.1) is 6.92 Å². The van der Waals surface area contributed by atoms with Crippen molar-refractivity contribution in [3.63, 3.8) is 0 Å². The Hall–Kier alpha value is -3.47. The highest BCUT2D eigenvalue weighted by Crippen LogP contribution is 2.19. The number of anilines is 1. The van der Waals surface area contributed by atoms with Gasteiger partial charge >= 0.3 is 0 Å². The van der Waals surface area contributed by atoms with Gasteiger partial charge in [-0.15, -0.1) is 10.2 Å². The number of rotatable bonds is 4. The van der Waals surface area contributed by atoms with E-state index in [2.05, 4.69) is 34.6 Å². The Labute approximate surface area is 157 Å². The van der Waals surface area contributed by atoms with E-state index < -0.39 is 0 Å². The second-order valence-corrected chi connectivity index (χ2v) is 6.53. The first-order valence-electron chi connectivity index (χ1n) is 8.97. The molecule has 0 aliphatic rings. The first-order valence-corrected chi connectivity index (χ1v) is 8.97. The zero-order valence-corrected chi connectivity index (χ0v) is 15.3. The summed E-state index contributed by atoms with van der Waals surface area (Å²) in [7, 11) is 0. The van der Waals surface area contributed by atoms with E-state index >= 15 is 0 Å². The van der Waals surface area contributed by atoms with Crippen molar-refractivity contribution >= 4 is 22.6 Å². The van der Waals surface area contributed by atoms with Crippen molar-refractivity contribution in [3.05, 3.63) is 83.4 Å². The molecule has 5 nitrogen and oxygen atoms in total. The van der Waals surface area contributed by atoms with Crippen molar-refractivity contribution in [2.24, 2.45) is 0 Å². The van der Waals surface area contributed by atoms with Crippen LogP contribution in [0.3, 0.4) is 0 Å². The maximum absolute atomic E-state index is 12.4. The van der Waals surface area contributed by atoms with E-state index in [9.17, 15) is 4.79 Å². The van der Waals surface area contributed by atoms with Crippen LogP contribution in [0.1, 0.15) is 28.4 Å². The minimum absolute atomic E-state index is 0.142. The monoisotopic (exact) mass is 356 g/mol. The highest BCUT2D eigenvalue weighted by atomic mass is 16.1. The van der Waals surface area contributed by atoms with Crippen molar-refractivity contribution in [2.75, 3.05) is 5.32 Å². The number of carbonyl (C=O) groups excluding carboxylic acids is 1. The molecule has 0 aliphatic heterocycles. The molecule has 0 saturated carbocycles. The fourth-order valence-corrected chi connectivity index (χ4v) is 2.88. The molecular weight excluding hydrogens is 336 g/mol. The van der Waals surface area contributed by atoms with Gasteiger partial charge in [0.15, 0.2) is 0 Å². The fraction of sp³-hybridized carbons (Fsp3) is 0.136. The number of fused-ring (bicyclic) bond motifs is 1. The Bertz CT molecular complexity index is 1100. The molecule has 1 amide bonds. The number of carbonyl (C=O) groups is 1. The third-order valence-electron chi connectivity index (χ3n) is 4.53. The maximum atomic E-state index is 12.4. The number of aryl methyl sites for hydroxylation is 2. The average Bonchev–Trinajstić information content (AvgIpc) is 3.12. The number of hydrogen-bond acceptors (Lipinski definition) is 3. The van der Waals surface area contributed by atoms with Gasteiger partial charge in [-0.25, -0.2) is 0 Å². The van der Waals surface area contributed by atoms with Crippen LogP contribution in [-0.2, 0) is 6.42 Å². The van der Waals surface area contributed by atoms with Crippen molar-refractivity contribution < 1.29 is 4.79 Å². The van der Waals surface area contributed by atoms with E-state index in [1.807, 2.05) is 61.5 Å². The molecule has 0 atom stereocenters. The van der Waals surface area contributed by atoms with E-state index in [1.165, 1.54) is 5.56 Å². The second-order valence-electron chi connectivity index (χ2n) is 6.53. The molecule has 0 spiro atoms. The van der Waals surface area contributed by atoms with E-state index in [1.54, 1.807) is 4.80 Å². The van der Waals surface area contributed by atoms with Crippen LogP contribution in [-0.4, -0.2) is 20.9 Å². The molecule has 1 N–H and O–H groups in total. The molecule has 0 radical (unpaired) electrons. The van der Waals surface area contributed by atoms with Crippen LogP contribution >= 0.6 is 0 Å². The number of nitrogens with one attached hydrogen (secondary N) is 1. The van der Waals surface area contributed by atoms with Gasteiger partial charge in [0.05, 0.1) is 5.69 Å². The zero-order chi connectivity index (χ0) is 18.8. The van der Waals surface area contributed by atoms with Gasteiger partial charge in [0.25, 0.3) is 5.91 Å². The largest absolute Gasteiger partial charge is 0.322 e. The summed E-state index contributed by atoms with van der Waals surface area (Å²) >= 11 is 0. The van der Waals surface area contributed by atoms with Crippen molar-refractivity contribution in [1.29, 1.82) is 0 Å². The van der Waals surface area contributed by atoms with Crippen LogP contribution in [0.5, 0.6) is 0 Å². The van der Waals surface area contributed by atoms with Crippen LogP contribution in [0.25, 0.3) is 16.7 Å². The highest BCUT2D eigenvalue weighted by molar-refractivity contribution is 6.04. The number of hydrogen-bond donors (Lipinski definition) is 1. The average molecular weight is 356 g/mol. The topological polar surface area (TPSA) is 59.8 Å². The molecule has 27 heavy (non-hydrogen) atoms. The molecule has 0 saturated heterocycles. The maximum Gasteiger partial charge on any atom is 0.255 e. The molecule has 0 fully saturated rings. The Balaban J connectivity index is 1.58. The summed E-state index contributed by atoms with van der Waals surface area (Å²) in [6, 6.07) is 21.2. The second kappa shape index (κ2) is 7.03. The third-order valence-corrected chi connectivity index (χ3v) is 4.53. The van der Waals surface area contributed by atoms with Gasteiger partial charge in [-0.1, -0.05) is 36.8 Å². The standard InChI is InChI=1S/C22H20N4O/c1-3-16-6-11-19(12-7-16)26-24-20-13-10-18(14-21(20)25-26)23-22(27)17-8-4-15(2)5-9-17/h4-14H,3H2,1-2H3,(H,23,27). The minimum Gasteiger partial charge on any atom is -0.322 e. The van der Waals surface area contributed by atoms with Crippen LogP contribution < -0.4 is 5.32 Å². The summed E-state index contributed by atoms with van der Waals surface area (Å²) < 4.78 is 0. The number of amides is 1. The van der Waals surface area contributed by atoms with Crippen molar-refractivity contribution in [3.8, 4) is 5.69 Å². The molecule has 3 aromatic carbocycles. The van der Waals surface area contributed by atoms with E-state index in [4.69, 9.17) is 0 Å². The zero-order valence-electron chi connectivity index (χ0n) is 15.3. The highest BCUT2D eigenvalue weighted by Gasteiger charge is 2.09. The van der Waals surface area contributed by atoms with Crippen molar-refractivity contribution in [1.82, 2.24) is 15.0 Å². The Morgan fingerprint density at radius 1 is 0.926 bits per heavy atom. The van der Waals surface area contributed by atoms with Gasteiger partial charge in [-0.3, -0.25) is 4.79 Å². The number of aromatic nitrogens is 3. The van der Waals surface area contributed by atoms with Gasteiger partial charge in [0.1, 0.15) is 11.0 Å². The third kappa shape index (κ3) is 3.58. The van der Waals surface area contributed by atoms with Gasteiger partial charge in [-0.2, -0.15) is 4.80 Å². The number of benzene rings is 3. The molecular formula is C22H20N4O.